The van der Waals surface area contributed by atoms with Crippen molar-refractivity contribution in [2.45, 2.75) is 12.5 Å². The summed E-state index contributed by atoms with van der Waals surface area (Å²) >= 11 is 1.47. The fourth-order valence-electron chi connectivity index (χ4n) is 1.82. The summed E-state index contributed by atoms with van der Waals surface area (Å²) in [5.74, 6) is 0.125. The molecule has 1 amide bonds. The number of rotatable bonds is 7. The molecule has 6 heteroatoms. The number of nitrogens with one attached hydrogen (secondary N) is 1. The maximum atomic E-state index is 11.6. The van der Waals surface area contributed by atoms with E-state index in [4.69, 9.17) is 9.15 Å². The Labute approximate surface area is 121 Å². The second kappa shape index (κ2) is 6.69. The third kappa shape index (κ3) is 3.27. The van der Waals surface area contributed by atoms with E-state index in [0.717, 1.165) is 0 Å². The lowest BCUT2D eigenvalue weighted by Gasteiger charge is -2.25. The van der Waals surface area contributed by atoms with Crippen LogP contribution in [-0.2, 0) is 15.1 Å². The van der Waals surface area contributed by atoms with Crippen LogP contribution in [0, 0.1) is 0 Å². The van der Waals surface area contributed by atoms with Gasteiger partial charge in [0, 0.05) is 12.2 Å². The van der Waals surface area contributed by atoms with Crippen LogP contribution in [0.5, 0.6) is 0 Å². The van der Waals surface area contributed by atoms with Crippen molar-refractivity contribution in [3.63, 3.8) is 0 Å². The second-order valence-corrected chi connectivity index (χ2v) is 5.04. The summed E-state index contributed by atoms with van der Waals surface area (Å²) in [4.78, 5) is 11.6. The lowest BCUT2D eigenvalue weighted by Crippen LogP contribution is -2.42. The molecule has 0 radical (unpaired) electrons. The van der Waals surface area contributed by atoms with Gasteiger partial charge in [0.1, 0.15) is 12.4 Å². The molecule has 2 heterocycles. The second-order valence-electron chi connectivity index (χ2n) is 4.26. The highest BCUT2D eigenvalue weighted by molar-refractivity contribution is 7.08. The van der Waals surface area contributed by atoms with E-state index in [9.17, 15) is 9.90 Å². The average molecular weight is 295 g/mol. The monoisotopic (exact) mass is 295 g/mol. The number of amides is 1. The van der Waals surface area contributed by atoms with Gasteiger partial charge in [-0.15, -0.1) is 0 Å². The number of furan rings is 1. The highest BCUT2D eigenvalue weighted by Gasteiger charge is 2.35. The lowest BCUT2D eigenvalue weighted by molar-refractivity contribution is -0.126. The van der Waals surface area contributed by atoms with Gasteiger partial charge < -0.3 is 19.6 Å². The van der Waals surface area contributed by atoms with Crippen LogP contribution in [0.1, 0.15) is 18.2 Å². The Bertz CT molecular complexity index is 487. The highest BCUT2D eigenvalue weighted by Crippen LogP contribution is 2.30. The van der Waals surface area contributed by atoms with E-state index in [1.165, 1.54) is 17.6 Å². The van der Waals surface area contributed by atoms with Crippen LogP contribution < -0.4 is 5.32 Å². The summed E-state index contributed by atoms with van der Waals surface area (Å²) < 4.78 is 10.3. The van der Waals surface area contributed by atoms with Crippen molar-refractivity contribution >= 4 is 17.2 Å². The van der Waals surface area contributed by atoms with Gasteiger partial charge in [-0.2, -0.15) is 11.3 Å². The van der Waals surface area contributed by atoms with Gasteiger partial charge >= 0.3 is 0 Å². The molecule has 0 aliphatic heterocycles. The quantitative estimate of drug-likeness (QED) is 0.816. The fourth-order valence-corrected chi connectivity index (χ4v) is 2.54. The van der Waals surface area contributed by atoms with E-state index in [1.54, 1.807) is 12.1 Å². The first-order chi connectivity index (χ1) is 9.66. The van der Waals surface area contributed by atoms with Gasteiger partial charge in [-0.3, -0.25) is 4.79 Å². The van der Waals surface area contributed by atoms with Gasteiger partial charge in [0.2, 0.25) is 5.91 Å². The molecule has 0 bridgehead atoms. The molecular formula is C14H17NO4S. The third-order valence-corrected chi connectivity index (χ3v) is 3.59. The first kappa shape index (κ1) is 14.8. The van der Waals surface area contributed by atoms with E-state index < -0.39 is 5.60 Å². The predicted octanol–water partition coefficient (Wildman–Crippen LogP) is 1.73. The molecule has 0 spiro atoms. The van der Waals surface area contributed by atoms with Crippen molar-refractivity contribution in [3.8, 4) is 0 Å². The Morgan fingerprint density at radius 2 is 2.40 bits per heavy atom. The topological polar surface area (TPSA) is 71.7 Å². The maximum absolute atomic E-state index is 11.6. The van der Waals surface area contributed by atoms with Crippen LogP contribution in [0.2, 0.25) is 0 Å². The van der Waals surface area contributed by atoms with E-state index in [0.29, 0.717) is 17.9 Å². The first-order valence-electron chi connectivity index (χ1n) is 6.30. The van der Waals surface area contributed by atoms with Gasteiger partial charge in [0.05, 0.1) is 12.8 Å². The smallest absolute Gasteiger partial charge is 0.246 e. The summed E-state index contributed by atoms with van der Waals surface area (Å²) in [6.45, 7) is 2.30. The molecule has 0 saturated heterocycles. The number of aliphatic hydroxyl groups is 1. The standard InChI is InChI=1S/C14H17NO4S/c1-2-18-8-13(16)15-10-14(17,11-5-7-20-9-11)12-4-3-6-19-12/h3-7,9,17H,2,8,10H2,1H3,(H,15,16). The molecule has 5 nitrogen and oxygen atoms in total. The van der Waals surface area contributed by atoms with Crippen LogP contribution in [-0.4, -0.2) is 30.8 Å². The molecule has 2 N–H and O–H groups in total. The molecule has 1 atom stereocenters. The maximum Gasteiger partial charge on any atom is 0.246 e. The Kier molecular flexibility index (Phi) is 4.94. The SMILES string of the molecule is CCOCC(=O)NCC(O)(c1ccsc1)c1ccco1. The number of carbonyl (C=O) groups is 1. The summed E-state index contributed by atoms with van der Waals surface area (Å²) in [6, 6.07) is 5.20. The van der Waals surface area contributed by atoms with E-state index in [-0.39, 0.29) is 19.1 Å². The van der Waals surface area contributed by atoms with Crippen LogP contribution >= 0.6 is 11.3 Å². The summed E-state index contributed by atoms with van der Waals surface area (Å²) in [5, 5.41) is 17.2. The van der Waals surface area contributed by atoms with Gasteiger partial charge in [-0.1, -0.05) is 0 Å². The normalized spacial score (nSPS) is 13.9. The minimum Gasteiger partial charge on any atom is -0.466 e. The van der Waals surface area contributed by atoms with Crippen molar-refractivity contribution in [1.29, 1.82) is 0 Å². The molecule has 108 valence electrons. The minimum atomic E-state index is -1.37. The molecule has 2 rings (SSSR count). The number of hydrogen-bond donors (Lipinski definition) is 2. The summed E-state index contributed by atoms with van der Waals surface area (Å²) in [5.41, 5.74) is -0.681. The van der Waals surface area contributed by atoms with Crippen molar-refractivity contribution in [3.05, 3.63) is 46.5 Å². The first-order valence-corrected chi connectivity index (χ1v) is 7.24. The van der Waals surface area contributed by atoms with Crippen molar-refractivity contribution in [2.75, 3.05) is 19.8 Å². The molecule has 20 heavy (non-hydrogen) atoms. The van der Waals surface area contributed by atoms with Gasteiger partial charge in [0.15, 0.2) is 5.60 Å². The zero-order valence-corrected chi connectivity index (χ0v) is 12.0. The third-order valence-electron chi connectivity index (χ3n) is 2.91. The molecule has 2 aromatic rings. The number of hydrogen-bond acceptors (Lipinski definition) is 5. The van der Waals surface area contributed by atoms with Crippen LogP contribution in [0.3, 0.4) is 0 Å². The van der Waals surface area contributed by atoms with Gasteiger partial charge in [-0.25, -0.2) is 0 Å². The highest BCUT2D eigenvalue weighted by atomic mass is 32.1. The van der Waals surface area contributed by atoms with Crippen molar-refractivity contribution < 1.29 is 19.1 Å². The molecule has 0 saturated carbocycles. The predicted molar refractivity (Wildman–Crippen MR) is 75.5 cm³/mol. The average Bonchev–Trinajstić information content (AvgIpc) is 3.14. The molecule has 0 fully saturated rings. The largest absolute Gasteiger partial charge is 0.466 e. The molecule has 0 aliphatic rings. The van der Waals surface area contributed by atoms with Gasteiger partial charge in [0.25, 0.3) is 0 Å². The van der Waals surface area contributed by atoms with Crippen LogP contribution in [0.15, 0.2) is 39.6 Å². The van der Waals surface area contributed by atoms with Gasteiger partial charge in [-0.05, 0) is 35.9 Å². The molecular weight excluding hydrogens is 278 g/mol. The molecule has 0 aliphatic carbocycles. The van der Waals surface area contributed by atoms with E-state index >= 15 is 0 Å². The minimum absolute atomic E-state index is 0.0195. The van der Waals surface area contributed by atoms with Crippen LogP contribution in [0.25, 0.3) is 0 Å². The van der Waals surface area contributed by atoms with Crippen molar-refractivity contribution in [1.82, 2.24) is 5.32 Å². The van der Waals surface area contributed by atoms with Crippen LogP contribution in [0.4, 0.5) is 0 Å². The summed E-state index contributed by atoms with van der Waals surface area (Å²) in [6.07, 6.45) is 1.49. The Morgan fingerprint density at radius 1 is 1.55 bits per heavy atom. The Morgan fingerprint density at radius 3 is 3.00 bits per heavy atom. The van der Waals surface area contributed by atoms with E-state index in [1.807, 2.05) is 23.8 Å². The molecule has 1 unspecified atom stereocenters. The van der Waals surface area contributed by atoms with Crippen molar-refractivity contribution in [2.24, 2.45) is 0 Å². The molecule has 0 aromatic carbocycles. The zero-order valence-electron chi connectivity index (χ0n) is 11.2. The number of carbonyl (C=O) groups excluding carboxylic acids is 1. The lowest BCUT2D eigenvalue weighted by atomic mass is 9.93. The molecule has 2 aromatic heterocycles. The summed E-state index contributed by atoms with van der Waals surface area (Å²) in [7, 11) is 0. The Hall–Kier alpha value is -1.63. The number of thiophene rings is 1. The van der Waals surface area contributed by atoms with E-state index in [2.05, 4.69) is 5.32 Å². The number of ether oxygens (including phenoxy) is 1. The zero-order chi connectivity index (χ0) is 14.4. The Balaban J connectivity index is 2.11. The fraction of sp³-hybridized carbons (Fsp3) is 0.357.